The summed E-state index contributed by atoms with van der Waals surface area (Å²) in [5, 5.41) is 12.4. The lowest BCUT2D eigenvalue weighted by molar-refractivity contribution is -0.176. The molecular weight excluding hydrogens is 532 g/mol. The standard InChI is InChI=1S/C36H33ClO4/c1-25-23-26-15-13-14-22-30(26)33(37)32(25)31(41-35(2,3)34(38)39)24-40-36(27-16-7-4-8-17-27,28-18-9-5-10-19-28)29-20-11-6-12-21-29/h4-23,31H,24H2,1-3H3,(H,38,39). The monoisotopic (exact) mass is 564 g/mol. The van der Waals surface area contributed by atoms with E-state index in [0.29, 0.717) is 10.6 Å². The fourth-order valence-electron chi connectivity index (χ4n) is 5.40. The number of ether oxygens (including phenoxy) is 2. The third kappa shape index (κ3) is 5.64. The van der Waals surface area contributed by atoms with Crippen LogP contribution >= 0.6 is 11.6 Å². The first-order valence-corrected chi connectivity index (χ1v) is 14.0. The van der Waals surface area contributed by atoms with Gasteiger partial charge in [-0.15, -0.1) is 0 Å². The molecule has 0 saturated carbocycles. The summed E-state index contributed by atoms with van der Waals surface area (Å²) in [5.74, 6) is -1.07. The van der Waals surface area contributed by atoms with Gasteiger partial charge >= 0.3 is 5.97 Å². The van der Waals surface area contributed by atoms with Gasteiger partial charge in [0, 0.05) is 10.9 Å². The number of carboxylic acids is 1. The predicted octanol–water partition coefficient (Wildman–Crippen LogP) is 8.73. The van der Waals surface area contributed by atoms with E-state index in [9.17, 15) is 9.90 Å². The molecule has 0 aromatic heterocycles. The highest BCUT2D eigenvalue weighted by atomic mass is 35.5. The van der Waals surface area contributed by atoms with E-state index in [1.165, 1.54) is 0 Å². The number of carbonyl (C=O) groups is 1. The Hall–Kier alpha value is -3.96. The van der Waals surface area contributed by atoms with E-state index in [1.54, 1.807) is 13.8 Å². The SMILES string of the molecule is Cc1cc2ccccc2c(Cl)c1C(COC(c1ccccc1)(c1ccccc1)c1ccccc1)OC(C)(C)C(=O)O. The molecule has 0 bridgehead atoms. The lowest BCUT2D eigenvalue weighted by atomic mass is 9.80. The van der Waals surface area contributed by atoms with Crippen LogP contribution in [0.4, 0.5) is 0 Å². The molecule has 1 N–H and O–H groups in total. The smallest absolute Gasteiger partial charge is 0.335 e. The first-order valence-electron chi connectivity index (χ1n) is 13.6. The fraction of sp³-hybridized carbons (Fsp3) is 0.194. The van der Waals surface area contributed by atoms with E-state index in [2.05, 4.69) is 6.07 Å². The lowest BCUT2D eigenvalue weighted by Gasteiger charge is -2.38. The normalized spacial score (nSPS) is 12.8. The maximum absolute atomic E-state index is 12.2. The van der Waals surface area contributed by atoms with Gasteiger partial charge in [0.25, 0.3) is 0 Å². The number of fused-ring (bicyclic) bond motifs is 1. The van der Waals surface area contributed by atoms with Crippen LogP contribution in [0.25, 0.3) is 10.8 Å². The van der Waals surface area contributed by atoms with Crippen LogP contribution in [0.3, 0.4) is 0 Å². The molecule has 5 heteroatoms. The van der Waals surface area contributed by atoms with E-state index < -0.39 is 23.3 Å². The lowest BCUT2D eigenvalue weighted by Crippen LogP contribution is -2.39. The molecule has 5 aromatic rings. The molecule has 0 fully saturated rings. The van der Waals surface area contributed by atoms with Gasteiger partial charge in [-0.05, 0) is 48.4 Å². The van der Waals surface area contributed by atoms with Crippen molar-refractivity contribution in [1.82, 2.24) is 0 Å². The topological polar surface area (TPSA) is 55.8 Å². The maximum atomic E-state index is 12.2. The van der Waals surface area contributed by atoms with Crippen LogP contribution in [-0.2, 0) is 19.9 Å². The number of carboxylic acid groups (broad SMARTS) is 1. The van der Waals surface area contributed by atoms with Crippen LogP contribution in [0.5, 0.6) is 0 Å². The molecule has 0 aliphatic heterocycles. The van der Waals surface area contributed by atoms with Crippen molar-refractivity contribution in [3.63, 3.8) is 0 Å². The highest BCUT2D eigenvalue weighted by Crippen LogP contribution is 2.43. The van der Waals surface area contributed by atoms with Gasteiger partial charge < -0.3 is 14.6 Å². The van der Waals surface area contributed by atoms with E-state index in [4.69, 9.17) is 21.1 Å². The Morgan fingerprint density at radius 3 is 1.73 bits per heavy atom. The average Bonchev–Trinajstić information content (AvgIpc) is 2.99. The summed E-state index contributed by atoms with van der Waals surface area (Å²) in [4.78, 5) is 12.2. The van der Waals surface area contributed by atoms with E-state index >= 15 is 0 Å². The Labute approximate surface area is 246 Å². The zero-order chi connectivity index (χ0) is 29.0. The summed E-state index contributed by atoms with van der Waals surface area (Å²) in [5.41, 5.74) is 1.93. The van der Waals surface area contributed by atoms with Crippen molar-refractivity contribution in [2.24, 2.45) is 0 Å². The molecule has 0 heterocycles. The number of aliphatic carboxylic acids is 1. The Morgan fingerprint density at radius 2 is 1.24 bits per heavy atom. The van der Waals surface area contributed by atoms with Crippen molar-refractivity contribution in [3.05, 3.63) is 154 Å². The van der Waals surface area contributed by atoms with Crippen LogP contribution in [0, 0.1) is 6.92 Å². The highest BCUT2D eigenvalue weighted by molar-refractivity contribution is 6.36. The van der Waals surface area contributed by atoms with Gasteiger partial charge in [0.2, 0.25) is 0 Å². The van der Waals surface area contributed by atoms with Crippen molar-refractivity contribution in [3.8, 4) is 0 Å². The van der Waals surface area contributed by atoms with Crippen LogP contribution in [-0.4, -0.2) is 23.3 Å². The largest absolute Gasteiger partial charge is 0.479 e. The summed E-state index contributed by atoms with van der Waals surface area (Å²) in [6, 6.07) is 40.1. The molecule has 0 amide bonds. The summed E-state index contributed by atoms with van der Waals surface area (Å²) in [6.07, 6.45) is -0.784. The van der Waals surface area contributed by atoms with Crippen molar-refractivity contribution in [2.75, 3.05) is 6.61 Å². The molecule has 1 unspecified atom stereocenters. The molecule has 5 aromatic carbocycles. The number of hydrogen-bond donors (Lipinski definition) is 1. The van der Waals surface area contributed by atoms with Crippen LogP contribution in [0.15, 0.2) is 121 Å². The molecule has 0 saturated heterocycles. The van der Waals surface area contributed by atoms with E-state index in [1.807, 2.05) is 122 Å². The highest BCUT2D eigenvalue weighted by Gasteiger charge is 2.40. The van der Waals surface area contributed by atoms with Gasteiger partial charge in [-0.3, -0.25) is 0 Å². The Kier molecular flexibility index (Phi) is 8.27. The molecule has 0 aliphatic carbocycles. The molecule has 41 heavy (non-hydrogen) atoms. The van der Waals surface area contributed by atoms with Gasteiger partial charge in [-0.1, -0.05) is 133 Å². The molecule has 4 nitrogen and oxygen atoms in total. The fourth-order valence-corrected chi connectivity index (χ4v) is 5.84. The average molecular weight is 565 g/mol. The second-order valence-corrected chi connectivity index (χ2v) is 11.0. The van der Waals surface area contributed by atoms with Gasteiger partial charge in [0.05, 0.1) is 11.6 Å². The third-order valence-corrected chi connectivity index (χ3v) is 7.90. The quantitative estimate of drug-likeness (QED) is 0.172. The van der Waals surface area contributed by atoms with Crippen molar-refractivity contribution >= 4 is 28.3 Å². The number of halogens is 1. The van der Waals surface area contributed by atoms with Gasteiger partial charge in [-0.2, -0.15) is 0 Å². The van der Waals surface area contributed by atoms with Crippen LogP contribution in [0.2, 0.25) is 5.02 Å². The number of benzene rings is 5. The summed E-state index contributed by atoms with van der Waals surface area (Å²) in [6.45, 7) is 5.10. The second-order valence-electron chi connectivity index (χ2n) is 10.7. The van der Waals surface area contributed by atoms with Gasteiger partial charge in [-0.25, -0.2) is 4.79 Å². The van der Waals surface area contributed by atoms with Crippen LogP contribution < -0.4 is 0 Å². The minimum atomic E-state index is -1.50. The Morgan fingerprint density at radius 1 is 0.780 bits per heavy atom. The molecule has 1 atom stereocenters. The zero-order valence-electron chi connectivity index (χ0n) is 23.4. The molecule has 0 spiro atoms. The van der Waals surface area contributed by atoms with Gasteiger partial charge in [0.15, 0.2) is 5.60 Å². The van der Waals surface area contributed by atoms with Crippen molar-refractivity contribution in [1.29, 1.82) is 0 Å². The van der Waals surface area contributed by atoms with E-state index in [-0.39, 0.29) is 6.61 Å². The summed E-state index contributed by atoms with van der Waals surface area (Å²) in [7, 11) is 0. The number of aryl methyl sites for hydroxylation is 1. The first-order chi connectivity index (χ1) is 19.7. The van der Waals surface area contributed by atoms with Gasteiger partial charge in [0.1, 0.15) is 11.7 Å². The van der Waals surface area contributed by atoms with E-state index in [0.717, 1.165) is 33.0 Å². The summed E-state index contributed by atoms with van der Waals surface area (Å²) >= 11 is 7.07. The summed E-state index contributed by atoms with van der Waals surface area (Å²) < 4.78 is 13.5. The number of rotatable bonds is 10. The minimum Gasteiger partial charge on any atom is -0.479 e. The second kappa shape index (κ2) is 11.9. The minimum absolute atomic E-state index is 0.0360. The van der Waals surface area contributed by atoms with Crippen molar-refractivity contribution < 1.29 is 19.4 Å². The predicted molar refractivity (Wildman–Crippen MR) is 164 cm³/mol. The Balaban J connectivity index is 1.69. The maximum Gasteiger partial charge on any atom is 0.335 e. The molecule has 208 valence electrons. The molecular formula is C36H33ClO4. The number of hydrogen-bond acceptors (Lipinski definition) is 3. The first kappa shape index (κ1) is 28.6. The Bertz CT molecular complexity index is 1540. The molecule has 5 rings (SSSR count). The third-order valence-electron chi connectivity index (χ3n) is 7.50. The molecule has 0 radical (unpaired) electrons. The zero-order valence-corrected chi connectivity index (χ0v) is 24.1. The van der Waals surface area contributed by atoms with Crippen molar-refractivity contribution in [2.45, 2.75) is 38.1 Å². The van der Waals surface area contributed by atoms with Crippen LogP contribution in [0.1, 0.15) is 47.8 Å². The molecule has 0 aliphatic rings.